The molecular weight excluding hydrogens is 250 g/mol. The van der Waals surface area contributed by atoms with Crippen LogP contribution < -0.4 is 16.0 Å². The van der Waals surface area contributed by atoms with Gasteiger partial charge in [0.05, 0.1) is 5.69 Å². The minimum absolute atomic E-state index is 0.0373. The quantitative estimate of drug-likeness (QED) is 0.369. The van der Waals surface area contributed by atoms with Crippen LogP contribution in [0, 0.1) is 12.7 Å². The number of nitrogen functional groups attached to an aromatic ring is 1. The highest BCUT2D eigenvalue weighted by Crippen LogP contribution is 2.27. The maximum Gasteiger partial charge on any atom is 0.165 e. The number of halogens is 2. The number of hydrogen-bond donors (Lipinski definition) is 2. The number of allylic oxidation sites excluding steroid dienone is 4. The van der Waals surface area contributed by atoms with E-state index in [9.17, 15) is 8.78 Å². The van der Waals surface area contributed by atoms with Crippen LogP contribution in [0.15, 0.2) is 48.5 Å². The Balaban J connectivity index is 3.15. The normalized spacial score (nSPS) is 12.3. The number of anilines is 1. The van der Waals surface area contributed by atoms with Crippen molar-refractivity contribution in [3.05, 3.63) is 59.9 Å². The van der Waals surface area contributed by atoms with Crippen LogP contribution in [-0.2, 0) is 0 Å². The molecule has 0 aliphatic rings. The number of nitrogens with one attached hydrogen (secondary N) is 1. The predicted molar refractivity (Wildman–Crippen MR) is 72.7 cm³/mol. The van der Waals surface area contributed by atoms with Crippen molar-refractivity contribution in [2.24, 2.45) is 5.84 Å². The van der Waals surface area contributed by atoms with Crippen molar-refractivity contribution in [1.82, 2.24) is 0 Å². The summed E-state index contributed by atoms with van der Waals surface area (Å²) in [6.45, 7) is 6.70. The number of hydrazine groups is 1. The van der Waals surface area contributed by atoms with Crippen molar-refractivity contribution in [2.45, 2.75) is 13.8 Å². The van der Waals surface area contributed by atoms with Crippen molar-refractivity contribution >= 4 is 5.69 Å². The summed E-state index contributed by atoms with van der Waals surface area (Å²) >= 11 is 0. The lowest BCUT2D eigenvalue weighted by atomic mass is 10.2. The lowest BCUT2D eigenvalue weighted by Crippen LogP contribution is -2.10. The average Bonchev–Trinajstić information content (AvgIpc) is 2.37. The molecule has 0 fully saturated rings. The van der Waals surface area contributed by atoms with Gasteiger partial charge in [-0.1, -0.05) is 12.7 Å². The predicted octanol–water partition coefficient (Wildman–Crippen LogP) is 3.74. The largest absolute Gasteiger partial charge is 0.454 e. The third-order valence-corrected chi connectivity index (χ3v) is 2.37. The number of hydrogen-bond acceptors (Lipinski definition) is 3. The molecule has 0 heterocycles. The van der Waals surface area contributed by atoms with E-state index < -0.39 is 11.6 Å². The van der Waals surface area contributed by atoms with Crippen LogP contribution in [0.2, 0.25) is 0 Å². The Morgan fingerprint density at radius 3 is 2.63 bits per heavy atom. The molecule has 3 N–H and O–H groups in total. The standard InChI is InChI=1S/C14H16F2N2O/c1-4-6-13(11(15)5-2)19-10-7-9(3)14(18-17)12(16)8-10/h4-8,18H,2,17H2,1,3H3/b6-4-,13-11-. The van der Waals surface area contributed by atoms with Crippen LogP contribution in [-0.4, -0.2) is 0 Å². The fraction of sp³-hybridized carbons (Fsp3) is 0.143. The number of benzene rings is 1. The third-order valence-electron chi connectivity index (χ3n) is 2.37. The van der Waals surface area contributed by atoms with Gasteiger partial charge in [-0.05, 0) is 37.6 Å². The summed E-state index contributed by atoms with van der Waals surface area (Å²) in [6.07, 6.45) is 4.06. The fourth-order valence-corrected chi connectivity index (χ4v) is 1.50. The van der Waals surface area contributed by atoms with E-state index in [1.807, 2.05) is 0 Å². The Labute approximate surface area is 111 Å². The zero-order valence-electron chi connectivity index (χ0n) is 10.8. The summed E-state index contributed by atoms with van der Waals surface area (Å²) in [5, 5.41) is 0. The number of rotatable bonds is 5. The zero-order valence-corrected chi connectivity index (χ0v) is 10.8. The average molecular weight is 266 g/mol. The first-order valence-electron chi connectivity index (χ1n) is 5.63. The minimum atomic E-state index is -0.628. The van der Waals surface area contributed by atoms with E-state index in [-0.39, 0.29) is 17.2 Å². The van der Waals surface area contributed by atoms with Gasteiger partial charge in [0.25, 0.3) is 0 Å². The molecule has 0 spiro atoms. The third kappa shape index (κ3) is 3.66. The number of ether oxygens (including phenoxy) is 1. The molecule has 1 rings (SSSR count). The molecule has 0 saturated heterocycles. The van der Waals surface area contributed by atoms with Gasteiger partial charge in [-0.15, -0.1) is 0 Å². The zero-order chi connectivity index (χ0) is 14.4. The van der Waals surface area contributed by atoms with Gasteiger partial charge in [0.15, 0.2) is 17.4 Å². The van der Waals surface area contributed by atoms with E-state index in [0.29, 0.717) is 5.56 Å². The van der Waals surface area contributed by atoms with Crippen LogP contribution in [0.3, 0.4) is 0 Å². The fourth-order valence-electron chi connectivity index (χ4n) is 1.50. The maximum absolute atomic E-state index is 13.7. The van der Waals surface area contributed by atoms with Gasteiger partial charge in [-0.2, -0.15) is 0 Å². The second kappa shape index (κ2) is 6.70. The molecule has 0 saturated carbocycles. The molecule has 1 aromatic rings. The van der Waals surface area contributed by atoms with Gasteiger partial charge < -0.3 is 10.2 Å². The molecule has 0 aliphatic heterocycles. The lowest BCUT2D eigenvalue weighted by Gasteiger charge is -2.11. The van der Waals surface area contributed by atoms with Gasteiger partial charge in [0.2, 0.25) is 0 Å². The lowest BCUT2D eigenvalue weighted by molar-refractivity contribution is 0.416. The molecule has 0 aromatic heterocycles. The van der Waals surface area contributed by atoms with Crippen molar-refractivity contribution in [1.29, 1.82) is 0 Å². The summed E-state index contributed by atoms with van der Waals surface area (Å²) in [5.74, 6) is 4.14. The summed E-state index contributed by atoms with van der Waals surface area (Å²) in [5.41, 5.74) is 2.98. The SMILES string of the molecule is C=C/C(F)=C(\C=C/C)Oc1cc(C)c(NN)c(F)c1. The molecule has 3 nitrogen and oxygen atoms in total. The van der Waals surface area contributed by atoms with Gasteiger partial charge >= 0.3 is 0 Å². The van der Waals surface area contributed by atoms with Crippen LogP contribution in [0.1, 0.15) is 12.5 Å². The molecule has 0 amide bonds. The number of nitrogens with two attached hydrogens (primary N) is 1. The summed E-state index contributed by atoms with van der Waals surface area (Å²) in [6, 6.07) is 2.68. The topological polar surface area (TPSA) is 47.3 Å². The smallest absolute Gasteiger partial charge is 0.165 e. The molecule has 0 radical (unpaired) electrons. The van der Waals surface area contributed by atoms with Crippen molar-refractivity contribution < 1.29 is 13.5 Å². The highest BCUT2D eigenvalue weighted by atomic mass is 19.1. The summed E-state index contributed by atoms with van der Waals surface area (Å²) < 4.78 is 32.4. The van der Waals surface area contributed by atoms with E-state index in [0.717, 1.165) is 12.1 Å². The summed E-state index contributed by atoms with van der Waals surface area (Å²) in [7, 11) is 0. The Hall–Kier alpha value is -2.14. The molecule has 0 bridgehead atoms. The Kier molecular flexibility index (Phi) is 5.26. The van der Waals surface area contributed by atoms with Gasteiger partial charge in [0, 0.05) is 6.07 Å². The van der Waals surface area contributed by atoms with Crippen LogP contribution in [0.5, 0.6) is 5.75 Å². The van der Waals surface area contributed by atoms with Gasteiger partial charge in [-0.3, -0.25) is 5.84 Å². The maximum atomic E-state index is 13.7. The Morgan fingerprint density at radius 1 is 1.47 bits per heavy atom. The van der Waals surface area contributed by atoms with E-state index in [4.69, 9.17) is 10.6 Å². The molecular formula is C14H16F2N2O. The monoisotopic (exact) mass is 266 g/mol. The first-order chi connectivity index (χ1) is 9.03. The van der Waals surface area contributed by atoms with Gasteiger partial charge in [-0.25, -0.2) is 8.78 Å². The first-order valence-corrected chi connectivity index (χ1v) is 5.63. The minimum Gasteiger partial charge on any atom is -0.454 e. The molecule has 1 aromatic carbocycles. The highest BCUT2D eigenvalue weighted by Gasteiger charge is 2.10. The van der Waals surface area contributed by atoms with E-state index in [1.54, 1.807) is 26.0 Å². The van der Waals surface area contributed by atoms with Crippen LogP contribution >= 0.6 is 0 Å². The van der Waals surface area contributed by atoms with Crippen LogP contribution in [0.25, 0.3) is 0 Å². The molecule has 102 valence electrons. The van der Waals surface area contributed by atoms with E-state index >= 15 is 0 Å². The van der Waals surface area contributed by atoms with Crippen LogP contribution in [0.4, 0.5) is 14.5 Å². The molecule has 19 heavy (non-hydrogen) atoms. The van der Waals surface area contributed by atoms with E-state index in [1.165, 1.54) is 6.08 Å². The molecule has 0 atom stereocenters. The highest BCUT2D eigenvalue weighted by molar-refractivity contribution is 5.54. The number of aryl methyl sites for hydroxylation is 1. The Morgan fingerprint density at radius 2 is 2.16 bits per heavy atom. The van der Waals surface area contributed by atoms with Gasteiger partial charge in [0.1, 0.15) is 5.75 Å². The van der Waals surface area contributed by atoms with Crippen molar-refractivity contribution in [2.75, 3.05) is 5.43 Å². The Bertz CT molecular complexity index is 513. The van der Waals surface area contributed by atoms with E-state index in [2.05, 4.69) is 12.0 Å². The molecule has 5 heteroatoms. The molecule has 0 aliphatic carbocycles. The second-order valence-electron chi connectivity index (χ2n) is 3.76. The second-order valence-corrected chi connectivity index (χ2v) is 3.76. The van der Waals surface area contributed by atoms with Crippen molar-refractivity contribution in [3.63, 3.8) is 0 Å². The van der Waals surface area contributed by atoms with Crippen molar-refractivity contribution in [3.8, 4) is 5.75 Å². The molecule has 0 unspecified atom stereocenters. The summed E-state index contributed by atoms with van der Waals surface area (Å²) in [4.78, 5) is 0. The first kappa shape index (κ1) is 14.9.